The number of hydrogen-bond acceptors (Lipinski definition) is 5. The predicted molar refractivity (Wildman–Crippen MR) is 139 cm³/mol. The lowest BCUT2D eigenvalue weighted by Gasteiger charge is -2.38. The number of halogens is 1. The highest BCUT2D eigenvalue weighted by Crippen LogP contribution is 2.35. The van der Waals surface area contributed by atoms with Crippen LogP contribution in [0.15, 0.2) is 47.5 Å². The van der Waals surface area contributed by atoms with Gasteiger partial charge in [0.15, 0.2) is 17.5 Å². The Labute approximate surface area is 207 Å². The summed E-state index contributed by atoms with van der Waals surface area (Å²) in [5, 5.41) is 6.87. The van der Waals surface area contributed by atoms with Crippen molar-refractivity contribution in [1.29, 1.82) is 0 Å². The van der Waals surface area contributed by atoms with Gasteiger partial charge in [-0.2, -0.15) is 0 Å². The summed E-state index contributed by atoms with van der Waals surface area (Å²) in [6.45, 7) is 4.76. The van der Waals surface area contributed by atoms with Gasteiger partial charge in [0.1, 0.15) is 5.75 Å². The molecule has 8 heteroatoms. The van der Waals surface area contributed by atoms with Gasteiger partial charge in [0.2, 0.25) is 0 Å². The Morgan fingerprint density at radius 3 is 2.34 bits per heavy atom. The number of guanidine groups is 1. The number of hydrogen-bond donors (Lipinski definition) is 2. The molecule has 7 nitrogen and oxygen atoms in total. The van der Waals surface area contributed by atoms with Crippen molar-refractivity contribution in [3.8, 4) is 17.2 Å². The van der Waals surface area contributed by atoms with Crippen LogP contribution in [0.5, 0.6) is 17.2 Å². The fourth-order valence-electron chi connectivity index (χ4n) is 3.87. The molecule has 32 heavy (non-hydrogen) atoms. The van der Waals surface area contributed by atoms with Crippen LogP contribution in [0.3, 0.4) is 0 Å². The zero-order chi connectivity index (χ0) is 22.1. The maximum atomic E-state index is 5.68. The van der Waals surface area contributed by atoms with Crippen LogP contribution in [0.25, 0.3) is 0 Å². The summed E-state index contributed by atoms with van der Waals surface area (Å²) >= 11 is 0. The van der Waals surface area contributed by atoms with E-state index in [4.69, 9.17) is 18.9 Å². The van der Waals surface area contributed by atoms with E-state index in [1.807, 2.05) is 37.3 Å². The molecular weight excluding hydrogens is 521 g/mol. The minimum absolute atomic E-state index is 0. The monoisotopic (exact) mass is 555 g/mol. The van der Waals surface area contributed by atoms with Crippen LogP contribution >= 0.6 is 24.0 Å². The predicted octanol–water partition coefficient (Wildman–Crippen LogP) is 4.46. The lowest BCUT2D eigenvalue weighted by atomic mass is 9.74. The van der Waals surface area contributed by atoms with Crippen molar-refractivity contribution in [2.45, 2.75) is 25.2 Å². The van der Waals surface area contributed by atoms with Crippen LogP contribution in [0.1, 0.15) is 25.3 Å². The lowest BCUT2D eigenvalue weighted by Crippen LogP contribution is -2.46. The van der Waals surface area contributed by atoms with Crippen molar-refractivity contribution < 1.29 is 18.9 Å². The van der Waals surface area contributed by atoms with Gasteiger partial charge in [0, 0.05) is 44.0 Å². The van der Waals surface area contributed by atoms with Crippen LogP contribution in [0, 0.1) is 0 Å². The summed E-state index contributed by atoms with van der Waals surface area (Å²) < 4.78 is 22.0. The molecule has 0 radical (unpaired) electrons. The van der Waals surface area contributed by atoms with Gasteiger partial charge >= 0.3 is 0 Å². The number of anilines is 1. The van der Waals surface area contributed by atoms with Crippen molar-refractivity contribution >= 4 is 35.6 Å². The Balaban J connectivity index is 0.00000363. The van der Waals surface area contributed by atoms with Gasteiger partial charge < -0.3 is 29.6 Å². The average Bonchev–Trinajstić information content (AvgIpc) is 2.83. The van der Waals surface area contributed by atoms with Crippen LogP contribution in [0.4, 0.5) is 5.69 Å². The minimum atomic E-state index is -0.0292. The van der Waals surface area contributed by atoms with Gasteiger partial charge in [-0.05, 0) is 49.6 Å². The van der Waals surface area contributed by atoms with E-state index in [9.17, 15) is 0 Å². The summed E-state index contributed by atoms with van der Waals surface area (Å²) in [5.74, 6) is 2.97. The standard InChI is InChI=1S/C24H33N3O4.HI/c1-5-31-22-16-19(8-11-21(22)29-4)27-23(25-2)26-17-24(12-14-30-15-13-24)18-6-9-20(28-3)10-7-18;/h6-11,16H,5,12-15,17H2,1-4H3,(H2,25,26,27);1H. The molecule has 0 bridgehead atoms. The third-order valence-electron chi connectivity index (χ3n) is 5.70. The third-order valence-corrected chi connectivity index (χ3v) is 5.70. The number of rotatable bonds is 8. The quantitative estimate of drug-likeness (QED) is 0.285. The van der Waals surface area contributed by atoms with Gasteiger partial charge in [0.05, 0.1) is 20.8 Å². The van der Waals surface area contributed by atoms with Crippen LogP contribution in [-0.4, -0.2) is 53.6 Å². The zero-order valence-electron chi connectivity index (χ0n) is 19.3. The maximum Gasteiger partial charge on any atom is 0.195 e. The SMILES string of the molecule is CCOc1cc(NC(=NC)NCC2(c3ccc(OC)cc3)CCOCC2)ccc1OC.I. The smallest absolute Gasteiger partial charge is 0.195 e. The maximum absolute atomic E-state index is 5.68. The van der Waals surface area contributed by atoms with Gasteiger partial charge in [0.25, 0.3) is 0 Å². The van der Waals surface area contributed by atoms with Crippen LogP contribution < -0.4 is 24.8 Å². The van der Waals surface area contributed by atoms with Crippen molar-refractivity contribution in [2.24, 2.45) is 4.99 Å². The van der Waals surface area contributed by atoms with E-state index < -0.39 is 0 Å². The number of benzene rings is 2. The normalized spacial score (nSPS) is 15.3. The van der Waals surface area contributed by atoms with E-state index in [1.165, 1.54) is 5.56 Å². The van der Waals surface area contributed by atoms with Gasteiger partial charge in [-0.15, -0.1) is 24.0 Å². The molecule has 0 aliphatic carbocycles. The largest absolute Gasteiger partial charge is 0.497 e. The summed E-state index contributed by atoms with van der Waals surface area (Å²) in [4.78, 5) is 4.41. The molecule has 1 saturated heterocycles. The molecule has 1 heterocycles. The van der Waals surface area contributed by atoms with E-state index in [0.29, 0.717) is 24.1 Å². The second-order valence-electron chi connectivity index (χ2n) is 7.47. The molecule has 0 unspecified atom stereocenters. The lowest BCUT2D eigenvalue weighted by molar-refractivity contribution is 0.0514. The van der Waals surface area contributed by atoms with E-state index >= 15 is 0 Å². The Kier molecular flexibility index (Phi) is 10.4. The highest BCUT2D eigenvalue weighted by molar-refractivity contribution is 14.0. The molecule has 0 aromatic heterocycles. The average molecular weight is 555 g/mol. The molecule has 2 aromatic rings. The first kappa shape index (κ1) is 26.1. The van der Waals surface area contributed by atoms with Gasteiger partial charge in [-0.25, -0.2) is 0 Å². The van der Waals surface area contributed by atoms with Crippen molar-refractivity contribution in [1.82, 2.24) is 5.32 Å². The van der Waals surface area contributed by atoms with Crippen molar-refractivity contribution in [2.75, 3.05) is 52.9 Å². The molecule has 3 rings (SSSR count). The molecule has 2 aromatic carbocycles. The van der Waals surface area contributed by atoms with Gasteiger partial charge in [-0.3, -0.25) is 4.99 Å². The summed E-state index contributed by atoms with van der Waals surface area (Å²) in [6, 6.07) is 14.1. The molecule has 0 spiro atoms. The number of aliphatic imine (C=N–C) groups is 1. The number of nitrogens with zero attached hydrogens (tertiary/aromatic N) is 1. The Morgan fingerprint density at radius 1 is 1.03 bits per heavy atom. The molecular formula is C24H34IN3O4. The van der Waals surface area contributed by atoms with Gasteiger partial charge in [-0.1, -0.05) is 12.1 Å². The number of ether oxygens (including phenoxy) is 4. The fraction of sp³-hybridized carbons (Fsp3) is 0.458. The molecule has 0 saturated carbocycles. The molecule has 1 aliphatic rings. The second-order valence-corrected chi connectivity index (χ2v) is 7.47. The Morgan fingerprint density at radius 2 is 1.75 bits per heavy atom. The van der Waals surface area contributed by atoms with Crippen LogP contribution in [0.2, 0.25) is 0 Å². The van der Waals surface area contributed by atoms with Crippen molar-refractivity contribution in [3.63, 3.8) is 0 Å². The number of nitrogens with one attached hydrogen (secondary N) is 2. The number of methoxy groups -OCH3 is 2. The molecule has 2 N–H and O–H groups in total. The first-order valence-corrected chi connectivity index (χ1v) is 10.6. The highest BCUT2D eigenvalue weighted by atomic mass is 127. The first-order valence-electron chi connectivity index (χ1n) is 10.6. The molecule has 176 valence electrons. The van der Waals surface area contributed by atoms with E-state index in [2.05, 4.69) is 27.8 Å². The summed E-state index contributed by atoms with van der Waals surface area (Å²) in [7, 11) is 5.09. The molecule has 0 amide bonds. The topological polar surface area (TPSA) is 73.3 Å². The molecule has 1 aliphatic heterocycles. The second kappa shape index (κ2) is 12.7. The van der Waals surface area contributed by atoms with E-state index in [0.717, 1.165) is 44.0 Å². The van der Waals surface area contributed by atoms with Crippen LogP contribution in [-0.2, 0) is 10.2 Å². The highest BCUT2D eigenvalue weighted by Gasteiger charge is 2.34. The van der Waals surface area contributed by atoms with E-state index in [1.54, 1.807) is 21.3 Å². The minimum Gasteiger partial charge on any atom is -0.497 e. The summed E-state index contributed by atoms with van der Waals surface area (Å²) in [6.07, 6.45) is 1.89. The molecule has 0 atom stereocenters. The Hall–Kier alpha value is -2.20. The van der Waals surface area contributed by atoms with E-state index in [-0.39, 0.29) is 29.4 Å². The summed E-state index contributed by atoms with van der Waals surface area (Å²) in [5.41, 5.74) is 2.13. The Bertz CT molecular complexity index is 868. The fourth-order valence-corrected chi connectivity index (χ4v) is 3.87. The third kappa shape index (κ3) is 6.41. The first-order chi connectivity index (χ1) is 15.1. The van der Waals surface area contributed by atoms with Crippen molar-refractivity contribution in [3.05, 3.63) is 48.0 Å². The molecule has 1 fully saturated rings. The zero-order valence-corrected chi connectivity index (χ0v) is 21.6.